The van der Waals surface area contributed by atoms with E-state index >= 15 is 0 Å². The number of fused-ring (bicyclic) bond motifs is 1. The number of imidazole rings is 1. The van der Waals surface area contributed by atoms with Crippen LogP contribution < -0.4 is 4.72 Å². The lowest BCUT2D eigenvalue weighted by Gasteiger charge is -2.34. The summed E-state index contributed by atoms with van der Waals surface area (Å²) in [5.74, 6) is -2.76. The van der Waals surface area contributed by atoms with E-state index in [1.807, 2.05) is 23.9 Å². The van der Waals surface area contributed by atoms with E-state index in [9.17, 15) is 21.6 Å². The van der Waals surface area contributed by atoms with Crippen molar-refractivity contribution in [3.05, 3.63) is 40.1 Å². The number of carboxylic acid groups (broad SMARTS) is 1. The fraction of sp³-hybridized carbons (Fsp3) is 0.529. The summed E-state index contributed by atoms with van der Waals surface area (Å²) in [6.45, 7) is 5.30. The summed E-state index contributed by atoms with van der Waals surface area (Å²) in [6.07, 6.45) is 0.633. The molecule has 2 N–H and O–H groups in total. The van der Waals surface area contributed by atoms with E-state index < -0.39 is 22.2 Å². The maximum Gasteiger partial charge on any atom is 0.490 e. The van der Waals surface area contributed by atoms with Gasteiger partial charge in [-0.25, -0.2) is 22.9 Å². The van der Waals surface area contributed by atoms with E-state index in [4.69, 9.17) is 9.90 Å². The first-order valence-corrected chi connectivity index (χ1v) is 11.6. The lowest BCUT2D eigenvalue weighted by molar-refractivity contribution is -0.192. The number of carbonyl (C=O) groups is 1. The second-order valence-electron chi connectivity index (χ2n) is 6.89. The van der Waals surface area contributed by atoms with Gasteiger partial charge < -0.3 is 9.67 Å². The average Bonchev–Trinajstić information content (AvgIpc) is 3.22. The number of aromatic nitrogens is 2. The summed E-state index contributed by atoms with van der Waals surface area (Å²) in [5.41, 5.74) is 1.19. The van der Waals surface area contributed by atoms with Crippen molar-refractivity contribution in [2.24, 2.45) is 0 Å². The highest BCUT2D eigenvalue weighted by Crippen LogP contribution is 2.26. The molecule has 3 rings (SSSR count). The molecule has 0 aliphatic carbocycles. The molecule has 0 aromatic carbocycles. The van der Waals surface area contributed by atoms with Gasteiger partial charge in [-0.1, -0.05) is 0 Å². The standard InChI is InChI=1S/C15H22N4O2S2.C2HF3O2/c1-12-3-4-15(22-12)10-18-8-13(5-6-17-23(2,20)21)19-11-16-7-14(19)9-18;3-2(4,5)1(6)7/h3-4,7,11,13,17H,5-6,8-10H2,1-2H3;(H,6,7). The van der Waals surface area contributed by atoms with Crippen LogP contribution in [0.5, 0.6) is 0 Å². The van der Waals surface area contributed by atoms with Crippen molar-refractivity contribution in [1.82, 2.24) is 19.2 Å². The minimum Gasteiger partial charge on any atom is -0.475 e. The molecule has 1 atom stereocenters. The highest BCUT2D eigenvalue weighted by molar-refractivity contribution is 7.88. The summed E-state index contributed by atoms with van der Waals surface area (Å²) in [6, 6.07) is 4.59. The van der Waals surface area contributed by atoms with Crippen molar-refractivity contribution in [3.8, 4) is 0 Å². The topological polar surface area (TPSA) is 105 Å². The first kappa shape index (κ1) is 24.3. The molecule has 1 aliphatic heterocycles. The molecule has 0 radical (unpaired) electrons. The number of alkyl halides is 3. The van der Waals surface area contributed by atoms with Gasteiger partial charge >= 0.3 is 12.1 Å². The van der Waals surface area contributed by atoms with Crippen LogP contribution in [0.3, 0.4) is 0 Å². The Morgan fingerprint density at radius 2 is 2.07 bits per heavy atom. The molecular formula is C17H23F3N4O4S2. The Morgan fingerprint density at radius 3 is 2.60 bits per heavy atom. The zero-order chi connectivity index (χ0) is 22.5. The highest BCUT2D eigenvalue weighted by Gasteiger charge is 2.38. The van der Waals surface area contributed by atoms with E-state index in [0.717, 1.165) is 26.1 Å². The maximum atomic E-state index is 11.2. The first-order valence-electron chi connectivity index (χ1n) is 8.88. The summed E-state index contributed by atoms with van der Waals surface area (Å²) >= 11 is 1.83. The van der Waals surface area contributed by atoms with E-state index in [1.165, 1.54) is 21.7 Å². The minimum atomic E-state index is -5.08. The third-order valence-electron chi connectivity index (χ3n) is 4.25. The van der Waals surface area contributed by atoms with Crippen LogP contribution >= 0.6 is 11.3 Å². The Bertz CT molecular complexity index is 956. The van der Waals surface area contributed by atoms with E-state index in [1.54, 1.807) is 0 Å². The Morgan fingerprint density at radius 1 is 1.40 bits per heavy atom. The summed E-state index contributed by atoms with van der Waals surface area (Å²) < 4.78 is 59.0. The molecule has 2 aromatic rings. The largest absolute Gasteiger partial charge is 0.490 e. The smallest absolute Gasteiger partial charge is 0.475 e. The fourth-order valence-electron chi connectivity index (χ4n) is 3.02. The number of nitrogens with one attached hydrogen (secondary N) is 1. The lowest BCUT2D eigenvalue weighted by atomic mass is 10.1. The average molecular weight is 469 g/mol. The summed E-state index contributed by atoms with van der Waals surface area (Å²) in [5, 5.41) is 7.12. The molecule has 1 aliphatic rings. The number of halogens is 3. The second-order valence-corrected chi connectivity index (χ2v) is 10.1. The predicted molar refractivity (Wildman–Crippen MR) is 106 cm³/mol. The molecule has 0 spiro atoms. The molecule has 0 bridgehead atoms. The van der Waals surface area contributed by atoms with Crippen LogP contribution in [0.4, 0.5) is 13.2 Å². The molecular weight excluding hydrogens is 445 g/mol. The van der Waals surface area contributed by atoms with Crippen LogP contribution in [-0.2, 0) is 27.9 Å². The molecule has 13 heteroatoms. The lowest BCUT2D eigenvalue weighted by Crippen LogP contribution is -2.38. The predicted octanol–water partition coefficient (Wildman–Crippen LogP) is 2.38. The van der Waals surface area contributed by atoms with Gasteiger partial charge in [-0.2, -0.15) is 13.2 Å². The van der Waals surface area contributed by atoms with Crippen molar-refractivity contribution in [1.29, 1.82) is 0 Å². The van der Waals surface area contributed by atoms with Crippen LogP contribution in [0.25, 0.3) is 0 Å². The Kier molecular flexibility index (Phi) is 8.02. The number of hydrogen-bond acceptors (Lipinski definition) is 6. The van der Waals surface area contributed by atoms with Crippen molar-refractivity contribution >= 4 is 27.3 Å². The number of hydrogen-bond donors (Lipinski definition) is 2. The SMILES string of the molecule is Cc1ccc(CN2Cc3cncn3C(CCNS(C)(=O)=O)C2)s1.O=C(O)C(F)(F)F. The van der Waals surface area contributed by atoms with Gasteiger partial charge in [-0.3, -0.25) is 4.90 Å². The number of rotatable bonds is 6. The van der Waals surface area contributed by atoms with Crippen molar-refractivity contribution in [2.45, 2.75) is 38.7 Å². The van der Waals surface area contributed by atoms with Crippen LogP contribution in [-0.4, -0.2) is 59.5 Å². The van der Waals surface area contributed by atoms with Gasteiger partial charge in [0, 0.05) is 48.2 Å². The van der Waals surface area contributed by atoms with Gasteiger partial charge in [-0.05, 0) is 25.5 Å². The maximum absolute atomic E-state index is 11.2. The normalized spacial score (nSPS) is 17.2. The Hall–Kier alpha value is -1.96. The number of thiophene rings is 1. The molecule has 8 nitrogen and oxygen atoms in total. The van der Waals surface area contributed by atoms with Gasteiger partial charge in [0.15, 0.2) is 0 Å². The number of nitrogens with zero attached hydrogens (tertiary/aromatic N) is 3. The van der Waals surface area contributed by atoms with Gasteiger partial charge in [-0.15, -0.1) is 11.3 Å². The van der Waals surface area contributed by atoms with Crippen LogP contribution in [0.15, 0.2) is 24.7 Å². The summed E-state index contributed by atoms with van der Waals surface area (Å²) in [7, 11) is -3.14. The van der Waals surface area contributed by atoms with Crippen LogP contribution in [0.2, 0.25) is 0 Å². The molecule has 168 valence electrons. The Labute approximate surface area is 176 Å². The van der Waals surface area contributed by atoms with Crippen molar-refractivity contribution in [2.75, 3.05) is 19.3 Å². The fourth-order valence-corrected chi connectivity index (χ4v) is 4.44. The van der Waals surface area contributed by atoms with E-state index in [-0.39, 0.29) is 6.04 Å². The van der Waals surface area contributed by atoms with Crippen LogP contribution in [0.1, 0.15) is 27.9 Å². The second kappa shape index (κ2) is 9.90. The number of sulfonamides is 1. The van der Waals surface area contributed by atoms with Crippen molar-refractivity contribution < 1.29 is 31.5 Å². The highest BCUT2D eigenvalue weighted by atomic mass is 32.2. The molecule has 30 heavy (non-hydrogen) atoms. The van der Waals surface area contributed by atoms with E-state index in [0.29, 0.717) is 6.54 Å². The number of carboxylic acids is 1. The molecule has 3 heterocycles. The third-order valence-corrected chi connectivity index (χ3v) is 5.97. The zero-order valence-corrected chi connectivity index (χ0v) is 18.0. The molecule has 0 amide bonds. The number of aryl methyl sites for hydroxylation is 1. The van der Waals surface area contributed by atoms with Gasteiger partial charge in [0.2, 0.25) is 10.0 Å². The molecule has 0 fully saturated rings. The molecule has 0 saturated carbocycles. The molecule has 0 saturated heterocycles. The Balaban J connectivity index is 0.000000396. The minimum absolute atomic E-state index is 0.247. The van der Waals surface area contributed by atoms with Gasteiger partial charge in [0.05, 0.1) is 18.3 Å². The van der Waals surface area contributed by atoms with Crippen molar-refractivity contribution in [3.63, 3.8) is 0 Å². The van der Waals surface area contributed by atoms with Gasteiger partial charge in [0.25, 0.3) is 0 Å². The van der Waals surface area contributed by atoms with Gasteiger partial charge in [0.1, 0.15) is 0 Å². The number of aliphatic carboxylic acids is 1. The monoisotopic (exact) mass is 468 g/mol. The first-order chi connectivity index (χ1) is 13.8. The molecule has 2 aromatic heterocycles. The summed E-state index contributed by atoms with van der Waals surface area (Å²) in [4.78, 5) is 18.3. The third kappa shape index (κ3) is 7.70. The van der Waals surface area contributed by atoms with E-state index in [2.05, 4.69) is 38.2 Å². The van der Waals surface area contributed by atoms with Crippen LogP contribution in [0, 0.1) is 6.92 Å². The molecule has 1 unspecified atom stereocenters. The zero-order valence-electron chi connectivity index (χ0n) is 16.4. The quantitative estimate of drug-likeness (QED) is 0.675.